The predicted molar refractivity (Wildman–Crippen MR) is 92.9 cm³/mol. The van der Waals surface area contributed by atoms with Crippen LogP contribution in [0.4, 0.5) is 5.69 Å². The molecule has 0 spiro atoms. The number of rotatable bonds is 6. The zero-order valence-electron chi connectivity index (χ0n) is 15.1. The first-order chi connectivity index (χ1) is 13.4. The van der Waals surface area contributed by atoms with Crippen molar-refractivity contribution in [2.24, 2.45) is 0 Å². The van der Waals surface area contributed by atoms with E-state index in [9.17, 15) is 20.0 Å². The molecule has 1 aromatic heterocycles. The van der Waals surface area contributed by atoms with Crippen LogP contribution in [0.25, 0.3) is 5.69 Å². The maximum atomic E-state index is 12.6. The van der Waals surface area contributed by atoms with Gasteiger partial charge in [-0.25, -0.2) is 0 Å². The number of non-ortho nitro benzene ring substituents is 1. The summed E-state index contributed by atoms with van der Waals surface area (Å²) in [6, 6.07) is 12.1. The maximum absolute atomic E-state index is 12.6. The molecule has 0 N–H and O–H groups in total. The van der Waals surface area contributed by atoms with Gasteiger partial charge in [-0.15, -0.1) is 0 Å². The highest BCUT2D eigenvalue weighted by Gasteiger charge is 2.25. The van der Waals surface area contributed by atoms with E-state index in [0.29, 0.717) is 11.4 Å². The van der Waals surface area contributed by atoms with Crippen LogP contribution in [0.1, 0.15) is 16.1 Å². The normalized spacial score (nSPS) is 10.5. The number of amides is 1. The lowest BCUT2D eigenvalue weighted by Gasteiger charge is -2.15. The van der Waals surface area contributed by atoms with Crippen molar-refractivity contribution in [1.29, 1.82) is 0 Å². The fraction of sp³-hybridized carbons (Fsp3) is 0.167. The zero-order chi connectivity index (χ0) is 20.3. The summed E-state index contributed by atoms with van der Waals surface area (Å²) < 4.78 is 11.1. The Bertz CT molecular complexity index is 1020. The number of carbonyl (C=O) groups excluding carboxylic acids is 1. The molecule has 10 nitrogen and oxygen atoms in total. The van der Waals surface area contributed by atoms with E-state index in [1.54, 1.807) is 24.3 Å². The average molecular weight is 384 g/mol. The number of methoxy groups -OCH3 is 1. The number of hydrogen-bond acceptors (Lipinski definition) is 7. The van der Waals surface area contributed by atoms with Crippen LogP contribution >= 0.6 is 0 Å². The molecular weight excluding hydrogens is 368 g/mol. The average Bonchev–Trinajstić information content (AvgIpc) is 3.07. The summed E-state index contributed by atoms with van der Waals surface area (Å²) in [6.45, 7) is -0.101. The molecule has 3 aromatic rings. The third-order valence-electron chi connectivity index (χ3n) is 4.05. The summed E-state index contributed by atoms with van der Waals surface area (Å²) >= 11 is 0. The lowest BCUT2D eigenvalue weighted by atomic mass is 10.2. The quantitative estimate of drug-likeness (QED) is 0.355. The fourth-order valence-electron chi connectivity index (χ4n) is 2.59. The molecule has 1 amide bonds. The van der Waals surface area contributed by atoms with E-state index in [0.717, 1.165) is 0 Å². The van der Waals surface area contributed by atoms with Crippen molar-refractivity contribution in [3.05, 3.63) is 69.9 Å². The Morgan fingerprint density at radius 1 is 1.29 bits per heavy atom. The van der Waals surface area contributed by atoms with Crippen LogP contribution < -0.4 is 14.5 Å². The first kappa shape index (κ1) is 18.8. The Morgan fingerprint density at radius 3 is 2.64 bits per heavy atom. The summed E-state index contributed by atoms with van der Waals surface area (Å²) in [5.41, 5.74) is 0.628. The summed E-state index contributed by atoms with van der Waals surface area (Å²) in [5.74, 6) is -0.533. The Morgan fingerprint density at radius 2 is 2.00 bits per heavy atom. The molecule has 0 aliphatic heterocycles. The molecule has 3 rings (SSSR count). The molecule has 0 fully saturated rings. The van der Waals surface area contributed by atoms with Crippen LogP contribution in [0.3, 0.4) is 0 Å². The summed E-state index contributed by atoms with van der Waals surface area (Å²) in [5, 5.41) is 26.7. The van der Waals surface area contributed by atoms with E-state index in [-0.39, 0.29) is 23.5 Å². The van der Waals surface area contributed by atoms with Gasteiger partial charge in [-0.2, -0.15) is 0 Å². The molecule has 0 radical (unpaired) electrons. The fourth-order valence-corrected chi connectivity index (χ4v) is 2.59. The van der Waals surface area contributed by atoms with E-state index in [4.69, 9.17) is 9.26 Å². The summed E-state index contributed by atoms with van der Waals surface area (Å²) in [4.78, 5) is 24.2. The third-order valence-corrected chi connectivity index (χ3v) is 4.05. The van der Waals surface area contributed by atoms with Gasteiger partial charge in [0.2, 0.25) is 5.69 Å². The molecule has 1 heterocycles. The number of nitro groups is 1. The second-order valence-corrected chi connectivity index (χ2v) is 5.89. The highest BCUT2D eigenvalue weighted by Crippen LogP contribution is 2.18. The molecule has 10 heteroatoms. The Hall–Kier alpha value is -3.95. The number of carbonyl (C=O) groups is 1. The second-order valence-electron chi connectivity index (χ2n) is 5.89. The lowest BCUT2D eigenvalue weighted by molar-refractivity contribution is -0.678. The third kappa shape index (κ3) is 3.75. The van der Waals surface area contributed by atoms with Gasteiger partial charge in [-0.3, -0.25) is 14.9 Å². The number of hydrogen-bond donors (Lipinski definition) is 0. The highest BCUT2D eigenvalue weighted by atomic mass is 16.6. The van der Waals surface area contributed by atoms with Crippen molar-refractivity contribution in [2.45, 2.75) is 6.54 Å². The van der Waals surface area contributed by atoms with Gasteiger partial charge in [-0.1, -0.05) is 6.07 Å². The van der Waals surface area contributed by atoms with Crippen molar-refractivity contribution in [3.63, 3.8) is 0 Å². The SMILES string of the molecule is COc1ccc(-[n+]2noc([O-])c2CN(C)C(=O)c2cccc([N+](=O)[O-])c2)cc1. The molecule has 0 unspecified atom stereocenters. The standard InChI is InChI=1S/C18H16N4O6/c1-20(17(23)12-4-3-5-14(10-12)22(25)26)11-16-18(24)28-19-21(16)13-6-8-15(27-2)9-7-13/h3-10H,11H2,1-2H3. The van der Waals surface area contributed by atoms with Gasteiger partial charge in [0, 0.05) is 36.9 Å². The molecule has 0 aliphatic rings. The molecular formula is C18H16N4O6. The molecule has 144 valence electrons. The highest BCUT2D eigenvalue weighted by molar-refractivity contribution is 5.94. The number of benzene rings is 2. The van der Waals surface area contributed by atoms with Crippen LogP contribution in [-0.4, -0.2) is 35.2 Å². The van der Waals surface area contributed by atoms with Crippen LogP contribution in [0, 0.1) is 10.1 Å². The Labute approximate surface area is 159 Å². The molecule has 0 atom stereocenters. The first-order valence-corrected chi connectivity index (χ1v) is 8.13. The zero-order valence-corrected chi connectivity index (χ0v) is 15.1. The monoisotopic (exact) mass is 384 g/mol. The molecule has 28 heavy (non-hydrogen) atoms. The van der Waals surface area contributed by atoms with E-state index < -0.39 is 16.8 Å². The summed E-state index contributed by atoms with van der Waals surface area (Å²) in [7, 11) is 3.01. The van der Waals surface area contributed by atoms with Crippen LogP contribution in [0.2, 0.25) is 0 Å². The van der Waals surface area contributed by atoms with Crippen LogP contribution in [0.15, 0.2) is 53.1 Å². The molecule has 0 bridgehead atoms. The van der Waals surface area contributed by atoms with Gasteiger partial charge in [0.1, 0.15) is 12.3 Å². The number of ether oxygens (including phenoxy) is 1. The number of nitrogens with zero attached hydrogens (tertiary/aromatic N) is 4. The van der Waals surface area contributed by atoms with Crippen molar-refractivity contribution in [1.82, 2.24) is 10.2 Å². The van der Waals surface area contributed by atoms with E-state index in [2.05, 4.69) is 5.27 Å². The van der Waals surface area contributed by atoms with Gasteiger partial charge in [-0.05, 0) is 22.9 Å². The second kappa shape index (κ2) is 7.74. The van der Waals surface area contributed by atoms with Gasteiger partial charge >= 0.3 is 0 Å². The van der Waals surface area contributed by atoms with E-state index in [1.165, 1.54) is 48.0 Å². The smallest absolute Gasteiger partial charge is 0.270 e. The minimum atomic E-state index is -0.686. The minimum absolute atomic E-state index is 0.101. The maximum Gasteiger partial charge on any atom is 0.270 e. The van der Waals surface area contributed by atoms with Crippen molar-refractivity contribution in [3.8, 4) is 17.4 Å². The van der Waals surface area contributed by atoms with Gasteiger partial charge < -0.3 is 19.3 Å². The van der Waals surface area contributed by atoms with E-state index in [1.807, 2.05) is 0 Å². The molecule has 2 aromatic carbocycles. The van der Waals surface area contributed by atoms with Crippen LogP contribution in [0.5, 0.6) is 11.7 Å². The van der Waals surface area contributed by atoms with Crippen molar-refractivity contribution < 1.29 is 28.8 Å². The number of nitro benzene ring substituents is 1. The minimum Gasteiger partial charge on any atom is -0.539 e. The largest absolute Gasteiger partial charge is 0.539 e. The lowest BCUT2D eigenvalue weighted by Crippen LogP contribution is -2.40. The van der Waals surface area contributed by atoms with Gasteiger partial charge in [0.15, 0.2) is 5.95 Å². The Balaban J connectivity index is 1.85. The summed E-state index contributed by atoms with van der Waals surface area (Å²) in [6.07, 6.45) is 0. The molecule has 0 saturated carbocycles. The topological polar surface area (TPSA) is 126 Å². The predicted octanol–water partition coefficient (Wildman–Crippen LogP) is 1.21. The van der Waals surface area contributed by atoms with Crippen molar-refractivity contribution in [2.75, 3.05) is 14.2 Å². The number of aromatic nitrogens is 2. The molecule has 0 aliphatic carbocycles. The van der Waals surface area contributed by atoms with Gasteiger partial charge in [0.05, 0.1) is 17.3 Å². The first-order valence-electron chi connectivity index (χ1n) is 8.13. The van der Waals surface area contributed by atoms with E-state index >= 15 is 0 Å². The van der Waals surface area contributed by atoms with Crippen LogP contribution in [-0.2, 0) is 6.54 Å². The Kier molecular flexibility index (Phi) is 5.21. The van der Waals surface area contributed by atoms with Crippen molar-refractivity contribution >= 4 is 11.6 Å². The molecule has 0 saturated heterocycles. The van der Waals surface area contributed by atoms with Gasteiger partial charge in [0.25, 0.3) is 17.3 Å².